The summed E-state index contributed by atoms with van der Waals surface area (Å²) >= 11 is 0. The van der Waals surface area contributed by atoms with Crippen molar-refractivity contribution < 1.29 is 29.0 Å². The number of esters is 1. The van der Waals surface area contributed by atoms with Crippen LogP contribution in [-0.4, -0.2) is 36.5 Å². The number of ether oxygens (including phenoxy) is 2. The molecule has 0 aromatic heterocycles. The van der Waals surface area contributed by atoms with Crippen LogP contribution in [0.5, 0.6) is 5.75 Å². The van der Waals surface area contributed by atoms with Gasteiger partial charge >= 0.3 is 5.97 Å². The van der Waals surface area contributed by atoms with Gasteiger partial charge in [0.05, 0.1) is 16.8 Å². The summed E-state index contributed by atoms with van der Waals surface area (Å²) in [7, 11) is 1.29. The van der Waals surface area contributed by atoms with Gasteiger partial charge in [-0.05, 0) is 17.7 Å². The molecule has 1 aliphatic heterocycles. The number of fused-ring (bicyclic) bond motifs is 1. The van der Waals surface area contributed by atoms with E-state index >= 15 is 0 Å². The fourth-order valence-corrected chi connectivity index (χ4v) is 3.21. The van der Waals surface area contributed by atoms with E-state index in [-0.39, 0.29) is 22.6 Å². The van der Waals surface area contributed by atoms with Crippen LogP contribution in [-0.2, 0) is 19.9 Å². The lowest BCUT2D eigenvalue weighted by Gasteiger charge is -2.40. The third kappa shape index (κ3) is 2.67. The van der Waals surface area contributed by atoms with Gasteiger partial charge in [-0.2, -0.15) is 0 Å². The average molecular weight is 355 g/mol. The van der Waals surface area contributed by atoms with E-state index in [1.54, 1.807) is 30.3 Å². The van der Waals surface area contributed by atoms with Gasteiger partial charge in [-0.15, -0.1) is 0 Å². The second-order valence-corrected chi connectivity index (χ2v) is 5.86. The molecule has 0 saturated carbocycles. The van der Waals surface area contributed by atoms with Crippen molar-refractivity contribution in [1.29, 1.82) is 0 Å². The Hall–Kier alpha value is -3.03. The van der Waals surface area contributed by atoms with Crippen LogP contribution >= 0.6 is 0 Å². The Bertz CT molecular complexity index is 879. The number of benzene rings is 2. The number of hydrogen-bond acceptors (Lipinski definition) is 6. The molecule has 2 N–H and O–H groups in total. The van der Waals surface area contributed by atoms with Crippen LogP contribution in [0.3, 0.4) is 0 Å². The van der Waals surface area contributed by atoms with Crippen molar-refractivity contribution in [3.8, 4) is 5.75 Å². The van der Waals surface area contributed by atoms with Crippen LogP contribution in [0.4, 0.5) is 5.69 Å². The highest BCUT2D eigenvalue weighted by atomic mass is 16.5. The SMILES string of the molecule is CO[C@@H]1C(=O)Nc2ccc(C=O)c(OC(C)=O)c2[C@@]1(O)c1ccccc1. The molecule has 7 nitrogen and oxygen atoms in total. The van der Waals surface area contributed by atoms with Crippen molar-refractivity contribution in [2.24, 2.45) is 0 Å². The Labute approximate surface area is 149 Å². The zero-order valence-electron chi connectivity index (χ0n) is 14.2. The number of carbonyl (C=O) groups is 3. The molecule has 1 amide bonds. The molecule has 0 radical (unpaired) electrons. The van der Waals surface area contributed by atoms with Gasteiger partial charge in [-0.25, -0.2) is 0 Å². The number of aldehydes is 1. The topological polar surface area (TPSA) is 102 Å². The molecular weight excluding hydrogens is 338 g/mol. The molecule has 0 fully saturated rings. The van der Waals surface area contributed by atoms with E-state index in [4.69, 9.17) is 9.47 Å². The highest BCUT2D eigenvalue weighted by Crippen LogP contribution is 2.47. The number of methoxy groups -OCH3 is 1. The van der Waals surface area contributed by atoms with E-state index < -0.39 is 23.6 Å². The summed E-state index contributed by atoms with van der Waals surface area (Å²) in [4.78, 5) is 35.5. The number of amides is 1. The van der Waals surface area contributed by atoms with Gasteiger partial charge in [0.25, 0.3) is 5.91 Å². The van der Waals surface area contributed by atoms with E-state index in [1.165, 1.54) is 26.2 Å². The van der Waals surface area contributed by atoms with Crippen LogP contribution in [0.15, 0.2) is 42.5 Å². The molecule has 134 valence electrons. The smallest absolute Gasteiger partial charge is 0.308 e. The minimum Gasteiger partial charge on any atom is -0.425 e. The fourth-order valence-electron chi connectivity index (χ4n) is 3.21. The van der Waals surface area contributed by atoms with E-state index in [1.807, 2.05) is 0 Å². The van der Waals surface area contributed by atoms with E-state index in [9.17, 15) is 19.5 Å². The Morgan fingerprint density at radius 1 is 1.23 bits per heavy atom. The van der Waals surface area contributed by atoms with Crippen LogP contribution in [0.2, 0.25) is 0 Å². The third-order valence-corrected chi connectivity index (χ3v) is 4.27. The number of aliphatic hydroxyl groups is 1. The molecule has 2 aromatic carbocycles. The lowest BCUT2D eigenvalue weighted by Crippen LogP contribution is -2.53. The number of anilines is 1. The number of rotatable bonds is 4. The fraction of sp³-hybridized carbons (Fsp3) is 0.211. The maximum Gasteiger partial charge on any atom is 0.308 e. The number of hydrogen-bond donors (Lipinski definition) is 2. The summed E-state index contributed by atoms with van der Waals surface area (Å²) in [6.45, 7) is 1.19. The monoisotopic (exact) mass is 355 g/mol. The molecule has 26 heavy (non-hydrogen) atoms. The Morgan fingerprint density at radius 2 is 1.92 bits per heavy atom. The van der Waals surface area contributed by atoms with Gasteiger partial charge in [-0.3, -0.25) is 14.4 Å². The standard InChI is InChI=1S/C19H17NO6/c1-11(22)26-16-12(10-21)8-9-14-15(16)19(24,13-6-4-3-5-7-13)17(25-2)18(23)20-14/h3-10,17,24H,1-2H3,(H,20,23)/t17-,19+/m1/s1. The van der Waals surface area contributed by atoms with Crippen LogP contribution in [0.1, 0.15) is 28.4 Å². The van der Waals surface area contributed by atoms with E-state index in [2.05, 4.69) is 5.32 Å². The molecule has 0 saturated heterocycles. The predicted molar refractivity (Wildman–Crippen MR) is 92.0 cm³/mol. The number of carbonyl (C=O) groups excluding carboxylic acids is 3. The molecule has 0 spiro atoms. The molecular formula is C19H17NO6. The first-order valence-electron chi connectivity index (χ1n) is 7.86. The maximum absolute atomic E-state index is 12.5. The van der Waals surface area contributed by atoms with Crippen molar-refractivity contribution in [3.05, 3.63) is 59.2 Å². The normalized spacial score (nSPS) is 21.5. The minimum absolute atomic E-state index is 0.0688. The Kier molecular flexibility index (Phi) is 4.58. The molecule has 0 unspecified atom stereocenters. The Balaban J connectivity index is 2.39. The molecule has 0 bridgehead atoms. The van der Waals surface area contributed by atoms with Crippen molar-refractivity contribution in [2.75, 3.05) is 12.4 Å². The van der Waals surface area contributed by atoms with Gasteiger partial charge < -0.3 is 19.9 Å². The van der Waals surface area contributed by atoms with Gasteiger partial charge in [0, 0.05) is 14.0 Å². The summed E-state index contributed by atoms with van der Waals surface area (Å²) in [5.74, 6) is -1.33. The first-order valence-corrected chi connectivity index (χ1v) is 7.86. The second-order valence-electron chi connectivity index (χ2n) is 5.86. The molecule has 1 aliphatic rings. The van der Waals surface area contributed by atoms with Crippen LogP contribution in [0, 0.1) is 0 Å². The minimum atomic E-state index is -1.96. The third-order valence-electron chi connectivity index (χ3n) is 4.27. The quantitative estimate of drug-likeness (QED) is 0.491. The first kappa shape index (κ1) is 17.8. The predicted octanol–water partition coefficient (Wildman–Crippen LogP) is 1.63. The highest BCUT2D eigenvalue weighted by Gasteiger charge is 2.52. The summed E-state index contributed by atoms with van der Waals surface area (Å²) in [6.07, 6.45) is -0.795. The zero-order chi connectivity index (χ0) is 18.9. The van der Waals surface area contributed by atoms with Crippen molar-refractivity contribution >= 4 is 23.9 Å². The van der Waals surface area contributed by atoms with Crippen LogP contribution < -0.4 is 10.1 Å². The van der Waals surface area contributed by atoms with Crippen LogP contribution in [0.25, 0.3) is 0 Å². The second kappa shape index (κ2) is 6.70. The summed E-state index contributed by atoms with van der Waals surface area (Å²) < 4.78 is 10.5. The van der Waals surface area contributed by atoms with E-state index in [0.29, 0.717) is 11.8 Å². The molecule has 3 rings (SSSR count). The first-order chi connectivity index (χ1) is 12.4. The maximum atomic E-state index is 12.5. The van der Waals surface area contributed by atoms with Gasteiger partial charge in [0.2, 0.25) is 0 Å². The Morgan fingerprint density at radius 3 is 2.50 bits per heavy atom. The molecule has 1 heterocycles. The van der Waals surface area contributed by atoms with Gasteiger partial charge in [0.1, 0.15) is 5.75 Å². The molecule has 0 aliphatic carbocycles. The summed E-state index contributed by atoms with van der Waals surface area (Å²) in [5.41, 5.74) is -1.21. The largest absolute Gasteiger partial charge is 0.425 e. The van der Waals surface area contributed by atoms with E-state index in [0.717, 1.165) is 0 Å². The van der Waals surface area contributed by atoms with Crippen molar-refractivity contribution in [2.45, 2.75) is 18.6 Å². The average Bonchev–Trinajstić information content (AvgIpc) is 2.62. The van der Waals surface area contributed by atoms with Gasteiger partial charge in [0.15, 0.2) is 18.0 Å². The molecule has 7 heteroatoms. The number of nitrogens with one attached hydrogen (secondary N) is 1. The van der Waals surface area contributed by atoms with Crippen molar-refractivity contribution in [3.63, 3.8) is 0 Å². The summed E-state index contributed by atoms with van der Waals surface area (Å²) in [5, 5.41) is 14.3. The lowest BCUT2D eigenvalue weighted by atomic mass is 9.77. The van der Waals surface area contributed by atoms with Gasteiger partial charge in [-0.1, -0.05) is 30.3 Å². The zero-order valence-corrected chi connectivity index (χ0v) is 14.2. The summed E-state index contributed by atoms with van der Waals surface area (Å²) in [6, 6.07) is 11.3. The highest BCUT2D eigenvalue weighted by molar-refractivity contribution is 6.01. The molecule has 2 aromatic rings. The lowest BCUT2D eigenvalue weighted by molar-refractivity contribution is -0.142. The van der Waals surface area contributed by atoms with Crippen molar-refractivity contribution in [1.82, 2.24) is 0 Å². The molecule has 2 atom stereocenters.